The molecule has 0 amide bonds. The summed E-state index contributed by atoms with van der Waals surface area (Å²) >= 11 is 0. The van der Waals surface area contributed by atoms with Crippen LogP contribution in [0.5, 0.6) is 0 Å². The zero-order valence-electron chi connectivity index (χ0n) is 12.8. The monoisotopic (exact) mass is 274 g/mol. The smallest absolute Gasteiger partial charge is 0.228 e. The van der Waals surface area contributed by atoms with Gasteiger partial charge >= 0.3 is 0 Å². The molecule has 2 aromatic heterocycles. The second kappa shape index (κ2) is 5.71. The van der Waals surface area contributed by atoms with Crippen LogP contribution < -0.4 is 5.32 Å². The molecule has 2 aromatic rings. The average Bonchev–Trinajstić information content (AvgIpc) is 2.75. The number of nitrogens with one attached hydrogen (secondary N) is 1. The van der Waals surface area contributed by atoms with Gasteiger partial charge in [0.05, 0.1) is 0 Å². The van der Waals surface area contributed by atoms with Gasteiger partial charge in [-0.15, -0.1) is 0 Å². The van der Waals surface area contributed by atoms with Gasteiger partial charge in [-0.05, 0) is 45.7 Å². The van der Waals surface area contributed by atoms with Gasteiger partial charge in [-0.3, -0.25) is 4.98 Å². The van der Waals surface area contributed by atoms with E-state index in [0.29, 0.717) is 11.7 Å². The Morgan fingerprint density at radius 2 is 2.00 bits per heavy atom. The summed E-state index contributed by atoms with van der Waals surface area (Å²) in [5.74, 6) is 1.20. The molecule has 0 unspecified atom stereocenters. The molecule has 0 saturated carbocycles. The molecule has 0 aliphatic rings. The fourth-order valence-corrected chi connectivity index (χ4v) is 1.95. The van der Waals surface area contributed by atoms with E-state index in [1.165, 1.54) is 0 Å². The molecule has 0 aliphatic carbocycles. The standard InChI is InChI=1S/C15H22N4O/c1-10-8-11(2)13(16-9-10)14-18-12(20-19-14)6-7-17-15(3,4)5/h8-9,17H,6-7H2,1-5H3. The summed E-state index contributed by atoms with van der Waals surface area (Å²) in [6.07, 6.45) is 2.54. The molecule has 20 heavy (non-hydrogen) atoms. The summed E-state index contributed by atoms with van der Waals surface area (Å²) in [6, 6.07) is 2.07. The number of aryl methyl sites for hydroxylation is 2. The zero-order valence-corrected chi connectivity index (χ0v) is 12.8. The second-order valence-electron chi connectivity index (χ2n) is 6.12. The Bertz CT molecular complexity index is 584. The van der Waals surface area contributed by atoms with Crippen molar-refractivity contribution in [1.82, 2.24) is 20.4 Å². The third-order valence-electron chi connectivity index (χ3n) is 2.89. The largest absolute Gasteiger partial charge is 0.339 e. The first-order valence-corrected chi connectivity index (χ1v) is 6.86. The van der Waals surface area contributed by atoms with Crippen molar-refractivity contribution in [2.45, 2.75) is 46.6 Å². The van der Waals surface area contributed by atoms with Crippen molar-refractivity contribution >= 4 is 0 Å². The second-order valence-corrected chi connectivity index (χ2v) is 6.12. The van der Waals surface area contributed by atoms with E-state index in [0.717, 1.165) is 29.8 Å². The van der Waals surface area contributed by atoms with Crippen molar-refractivity contribution in [3.05, 3.63) is 29.3 Å². The van der Waals surface area contributed by atoms with Gasteiger partial charge in [-0.25, -0.2) is 0 Å². The molecular formula is C15H22N4O. The Labute approximate surface area is 119 Å². The Morgan fingerprint density at radius 1 is 1.25 bits per heavy atom. The lowest BCUT2D eigenvalue weighted by molar-refractivity contribution is 0.362. The highest BCUT2D eigenvalue weighted by Crippen LogP contribution is 2.18. The lowest BCUT2D eigenvalue weighted by atomic mass is 10.1. The molecule has 108 valence electrons. The zero-order chi connectivity index (χ0) is 14.8. The molecule has 2 heterocycles. The highest BCUT2D eigenvalue weighted by Gasteiger charge is 2.13. The minimum atomic E-state index is 0.0952. The molecule has 5 heteroatoms. The van der Waals surface area contributed by atoms with E-state index in [1.807, 2.05) is 20.0 Å². The van der Waals surface area contributed by atoms with Crippen LogP contribution >= 0.6 is 0 Å². The van der Waals surface area contributed by atoms with Gasteiger partial charge in [0, 0.05) is 24.7 Å². The fourth-order valence-electron chi connectivity index (χ4n) is 1.95. The van der Waals surface area contributed by atoms with E-state index < -0.39 is 0 Å². The Kier molecular flexibility index (Phi) is 4.18. The maximum Gasteiger partial charge on any atom is 0.228 e. The van der Waals surface area contributed by atoms with E-state index in [1.54, 1.807) is 0 Å². The van der Waals surface area contributed by atoms with Gasteiger partial charge in [-0.1, -0.05) is 11.2 Å². The van der Waals surface area contributed by atoms with Crippen LogP contribution in [0.1, 0.15) is 37.8 Å². The topological polar surface area (TPSA) is 63.8 Å². The molecule has 2 rings (SSSR count). The first-order valence-electron chi connectivity index (χ1n) is 6.86. The van der Waals surface area contributed by atoms with Gasteiger partial charge in [0.25, 0.3) is 0 Å². The molecule has 0 fully saturated rings. The summed E-state index contributed by atoms with van der Waals surface area (Å²) in [6.45, 7) is 11.2. The fraction of sp³-hybridized carbons (Fsp3) is 0.533. The van der Waals surface area contributed by atoms with Crippen molar-refractivity contribution in [3.63, 3.8) is 0 Å². The van der Waals surface area contributed by atoms with Crippen molar-refractivity contribution in [2.75, 3.05) is 6.54 Å². The number of rotatable bonds is 4. The van der Waals surface area contributed by atoms with Gasteiger partial charge in [0.15, 0.2) is 0 Å². The first kappa shape index (κ1) is 14.7. The van der Waals surface area contributed by atoms with E-state index >= 15 is 0 Å². The van der Waals surface area contributed by atoms with Crippen LogP contribution in [0.3, 0.4) is 0 Å². The Balaban J connectivity index is 2.05. The summed E-state index contributed by atoms with van der Waals surface area (Å²) in [5.41, 5.74) is 3.07. The maximum absolute atomic E-state index is 5.28. The molecule has 5 nitrogen and oxygen atoms in total. The summed E-state index contributed by atoms with van der Waals surface area (Å²) in [4.78, 5) is 8.79. The van der Waals surface area contributed by atoms with E-state index in [4.69, 9.17) is 4.52 Å². The third kappa shape index (κ3) is 3.87. The first-order chi connectivity index (χ1) is 9.35. The molecule has 0 aliphatic heterocycles. The van der Waals surface area contributed by atoms with E-state index in [2.05, 4.69) is 47.3 Å². The van der Waals surface area contributed by atoms with Crippen LogP contribution in [0.4, 0.5) is 0 Å². The third-order valence-corrected chi connectivity index (χ3v) is 2.89. The molecule has 0 bridgehead atoms. The van der Waals surface area contributed by atoms with Gasteiger partial charge in [0.2, 0.25) is 11.7 Å². The molecule has 1 N–H and O–H groups in total. The molecule has 0 radical (unpaired) electrons. The highest BCUT2D eigenvalue weighted by atomic mass is 16.5. The lowest BCUT2D eigenvalue weighted by Gasteiger charge is -2.19. The Hall–Kier alpha value is -1.75. The van der Waals surface area contributed by atoms with Crippen LogP contribution in [0.15, 0.2) is 16.8 Å². The van der Waals surface area contributed by atoms with Gasteiger partial charge in [0.1, 0.15) is 5.69 Å². The van der Waals surface area contributed by atoms with Crippen molar-refractivity contribution in [1.29, 1.82) is 0 Å². The number of nitrogens with zero attached hydrogens (tertiary/aromatic N) is 3. The number of aromatic nitrogens is 3. The van der Waals surface area contributed by atoms with E-state index in [-0.39, 0.29) is 5.54 Å². The van der Waals surface area contributed by atoms with Crippen molar-refractivity contribution < 1.29 is 4.52 Å². The van der Waals surface area contributed by atoms with Crippen LogP contribution in [0.2, 0.25) is 0 Å². The number of hydrogen-bond donors (Lipinski definition) is 1. The molecule has 0 atom stereocenters. The predicted octanol–water partition coefficient (Wildman–Crippen LogP) is 2.68. The predicted molar refractivity (Wildman–Crippen MR) is 78.5 cm³/mol. The van der Waals surface area contributed by atoms with Crippen LogP contribution in [-0.2, 0) is 6.42 Å². The Morgan fingerprint density at radius 3 is 2.65 bits per heavy atom. The number of hydrogen-bond acceptors (Lipinski definition) is 5. The molecule has 0 spiro atoms. The van der Waals surface area contributed by atoms with Crippen LogP contribution in [0.25, 0.3) is 11.5 Å². The maximum atomic E-state index is 5.28. The van der Waals surface area contributed by atoms with Crippen LogP contribution in [0, 0.1) is 13.8 Å². The van der Waals surface area contributed by atoms with Gasteiger partial charge < -0.3 is 9.84 Å². The summed E-state index contributed by atoms with van der Waals surface area (Å²) in [5, 5.41) is 7.41. The van der Waals surface area contributed by atoms with Gasteiger partial charge in [-0.2, -0.15) is 4.98 Å². The molecule has 0 saturated heterocycles. The normalized spacial score (nSPS) is 11.8. The van der Waals surface area contributed by atoms with Crippen molar-refractivity contribution in [3.8, 4) is 11.5 Å². The summed E-state index contributed by atoms with van der Waals surface area (Å²) in [7, 11) is 0. The minimum Gasteiger partial charge on any atom is -0.339 e. The molecular weight excluding hydrogens is 252 g/mol. The quantitative estimate of drug-likeness (QED) is 0.928. The highest BCUT2D eigenvalue weighted by molar-refractivity contribution is 5.53. The lowest BCUT2D eigenvalue weighted by Crippen LogP contribution is -2.37. The minimum absolute atomic E-state index is 0.0952. The van der Waals surface area contributed by atoms with E-state index in [9.17, 15) is 0 Å². The SMILES string of the molecule is Cc1cnc(-c2noc(CCNC(C)(C)C)n2)c(C)c1. The van der Waals surface area contributed by atoms with Crippen LogP contribution in [-0.4, -0.2) is 27.2 Å². The summed E-state index contributed by atoms with van der Waals surface area (Å²) < 4.78 is 5.28. The van der Waals surface area contributed by atoms with Crippen molar-refractivity contribution in [2.24, 2.45) is 0 Å². The number of pyridine rings is 1. The average molecular weight is 274 g/mol. The molecule has 0 aromatic carbocycles.